The van der Waals surface area contributed by atoms with Gasteiger partial charge in [-0.3, -0.25) is 4.68 Å². The van der Waals surface area contributed by atoms with Crippen LogP contribution in [-0.2, 0) is 22.8 Å². The first-order valence-corrected chi connectivity index (χ1v) is 7.74. The van der Waals surface area contributed by atoms with E-state index in [-0.39, 0.29) is 11.8 Å². The quantitative estimate of drug-likeness (QED) is 0.738. The van der Waals surface area contributed by atoms with E-state index in [1.54, 1.807) is 7.05 Å². The van der Waals surface area contributed by atoms with Gasteiger partial charge in [0.1, 0.15) is 22.0 Å². The normalized spacial score (nSPS) is 13.8. The van der Waals surface area contributed by atoms with E-state index in [2.05, 4.69) is 22.3 Å². The third-order valence-electron chi connectivity index (χ3n) is 2.47. The molecule has 0 saturated carbocycles. The Kier molecular flexibility index (Phi) is 5.07. The van der Waals surface area contributed by atoms with Gasteiger partial charge in [-0.2, -0.15) is 5.10 Å². The third-order valence-corrected chi connectivity index (χ3v) is 3.48. The second-order valence-corrected chi connectivity index (χ2v) is 6.37. The molecule has 0 amide bonds. The van der Waals surface area contributed by atoms with Gasteiger partial charge >= 0.3 is 0 Å². The van der Waals surface area contributed by atoms with Crippen LogP contribution in [0, 0.1) is 0 Å². The molecule has 0 aliphatic heterocycles. The number of rotatable bonds is 7. The van der Waals surface area contributed by atoms with E-state index in [1.807, 2.05) is 4.68 Å². The lowest BCUT2D eigenvalue weighted by molar-refractivity contribution is 0.519. The van der Waals surface area contributed by atoms with Gasteiger partial charge in [0, 0.05) is 25.3 Å². The summed E-state index contributed by atoms with van der Waals surface area (Å²) in [4.78, 5) is 4.17. The molecule has 0 fully saturated rings. The van der Waals surface area contributed by atoms with Crippen LogP contribution < -0.4 is 5.32 Å². The summed E-state index contributed by atoms with van der Waals surface area (Å²) in [5, 5.41) is 7.12. The van der Waals surface area contributed by atoms with Crippen LogP contribution in [0.15, 0.2) is 6.33 Å². The molecule has 0 spiro atoms. The maximum absolute atomic E-state index is 11.3. The van der Waals surface area contributed by atoms with Crippen LogP contribution in [-0.4, -0.2) is 48.3 Å². The van der Waals surface area contributed by atoms with Crippen molar-refractivity contribution in [3.8, 4) is 0 Å². The SMILES string of the molecule is CCCn1ncnc1CC(CS(C)(=O)=O)NC. The summed E-state index contributed by atoms with van der Waals surface area (Å²) in [5.74, 6) is 0.942. The second kappa shape index (κ2) is 6.11. The van der Waals surface area contributed by atoms with Crippen molar-refractivity contribution in [2.45, 2.75) is 32.4 Å². The van der Waals surface area contributed by atoms with E-state index >= 15 is 0 Å². The molecular weight excluding hydrogens is 240 g/mol. The number of hydrogen-bond acceptors (Lipinski definition) is 5. The van der Waals surface area contributed by atoms with Gasteiger partial charge in [-0.15, -0.1) is 0 Å². The Labute approximate surface area is 102 Å². The Morgan fingerprint density at radius 1 is 1.53 bits per heavy atom. The monoisotopic (exact) mass is 260 g/mol. The highest BCUT2D eigenvalue weighted by atomic mass is 32.2. The fourth-order valence-corrected chi connectivity index (χ4v) is 2.69. The van der Waals surface area contributed by atoms with E-state index in [0.29, 0.717) is 6.42 Å². The molecule has 1 aromatic rings. The van der Waals surface area contributed by atoms with Gasteiger partial charge in [-0.1, -0.05) is 6.92 Å². The van der Waals surface area contributed by atoms with Gasteiger partial charge < -0.3 is 5.32 Å². The Morgan fingerprint density at radius 2 is 2.24 bits per heavy atom. The molecule has 0 bridgehead atoms. The van der Waals surface area contributed by atoms with E-state index in [4.69, 9.17) is 0 Å². The number of likely N-dealkylation sites (N-methyl/N-ethyl adjacent to an activating group) is 1. The van der Waals surface area contributed by atoms with E-state index in [0.717, 1.165) is 18.8 Å². The molecule has 1 rings (SSSR count). The molecule has 0 radical (unpaired) electrons. The third kappa shape index (κ3) is 4.82. The number of hydrogen-bond donors (Lipinski definition) is 1. The fourth-order valence-electron chi connectivity index (χ4n) is 1.67. The lowest BCUT2D eigenvalue weighted by Gasteiger charge is -2.14. The molecule has 1 unspecified atom stereocenters. The summed E-state index contributed by atoms with van der Waals surface area (Å²) < 4.78 is 24.3. The first kappa shape index (κ1) is 14.1. The van der Waals surface area contributed by atoms with Crippen molar-refractivity contribution in [2.75, 3.05) is 19.1 Å². The lowest BCUT2D eigenvalue weighted by atomic mass is 10.2. The van der Waals surface area contributed by atoms with Crippen LogP contribution in [0.3, 0.4) is 0 Å². The highest BCUT2D eigenvalue weighted by Gasteiger charge is 2.16. The largest absolute Gasteiger partial charge is 0.316 e. The van der Waals surface area contributed by atoms with E-state index in [9.17, 15) is 8.42 Å². The van der Waals surface area contributed by atoms with Gasteiger partial charge in [0.05, 0.1) is 5.75 Å². The van der Waals surface area contributed by atoms with Crippen molar-refractivity contribution in [2.24, 2.45) is 0 Å². The van der Waals surface area contributed by atoms with Crippen LogP contribution >= 0.6 is 0 Å². The smallest absolute Gasteiger partial charge is 0.148 e. The van der Waals surface area contributed by atoms with Crippen molar-refractivity contribution in [1.82, 2.24) is 20.1 Å². The standard InChI is InChI=1S/C10H20N4O2S/c1-4-5-14-10(12-8-13-14)6-9(11-2)7-17(3,15)16/h8-9,11H,4-7H2,1-3H3. The first-order valence-electron chi connectivity index (χ1n) is 5.68. The van der Waals surface area contributed by atoms with Gasteiger partial charge in [0.15, 0.2) is 0 Å². The molecule has 1 aromatic heterocycles. The van der Waals surface area contributed by atoms with Gasteiger partial charge in [-0.25, -0.2) is 13.4 Å². The van der Waals surface area contributed by atoms with Crippen LogP contribution in [0.1, 0.15) is 19.2 Å². The molecule has 17 heavy (non-hydrogen) atoms. The van der Waals surface area contributed by atoms with Crippen LogP contribution in [0.2, 0.25) is 0 Å². The van der Waals surface area contributed by atoms with Crippen molar-refractivity contribution >= 4 is 9.84 Å². The van der Waals surface area contributed by atoms with Crippen molar-refractivity contribution in [3.63, 3.8) is 0 Å². The van der Waals surface area contributed by atoms with Crippen molar-refractivity contribution in [3.05, 3.63) is 12.2 Å². The minimum Gasteiger partial charge on any atom is -0.316 e. The zero-order chi connectivity index (χ0) is 12.9. The zero-order valence-corrected chi connectivity index (χ0v) is 11.4. The van der Waals surface area contributed by atoms with E-state index < -0.39 is 9.84 Å². The molecule has 7 heteroatoms. The maximum atomic E-state index is 11.3. The molecule has 98 valence electrons. The molecule has 1 heterocycles. The summed E-state index contributed by atoms with van der Waals surface area (Å²) >= 11 is 0. The molecule has 1 atom stereocenters. The Hall–Kier alpha value is -0.950. The average molecular weight is 260 g/mol. The topological polar surface area (TPSA) is 76.9 Å². The molecule has 0 aromatic carbocycles. The van der Waals surface area contributed by atoms with E-state index in [1.165, 1.54) is 12.6 Å². The summed E-state index contributed by atoms with van der Waals surface area (Å²) in [6.07, 6.45) is 4.31. The molecule has 1 N–H and O–H groups in total. The number of aromatic nitrogens is 3. The average Bonchev–Trinajstić information content (AvgIpc) is 2.63. The summed E-state index contributed by atoms with van der Waals surface area (Å²) in [6, 6.07) is -0.121. The number of aryl methyl sites for hydroxylation is 1. The summed E-state index contributed by atoms with van der Waals surface area (Å²) in [5.41, 5.74) is 0. The Balaban J connectivity index is 2.70. The number of nitrogens with zero attached hydrogens (tertiary/aromatic N) is 3. The van der Waals surface area contributed by atoms with Crippen molar-refractivity contribution < 1.29 is 8.42 Å². The lowest BCUT2D eigenvalue weighted by Crippen LogP contribution is -2.35. The van der Waals surface area contributed by atoms with Crippen LogP contribution in [0.5, 0.6) is 0 Å². The second-order valence-electron chi connectivity index (χ2n) is 4.18. The minimum absolute atomic E-state index is 0.114. The maximum Gasteiger partial charge on any atom is 0.148 e. The molecule has 0 aliphatic rings. The summed E-state index contributed by atoms with van der Waals surface area (Å²) in [7, 11) is -1.22. The molecule has 6 nitrogen and oxygen atoms in total. The predicted molar refractivity (Wildman–Crippen MR) is 66.6 cm³/mol. The van der Waals surface area contributed by atoms with Gasteiger partial charge in [-0.05, 0) is 13.5 Å². The Morgan fingerprint density at radius 3 is 2.76 bits per heavy atom. The van der Waals surface area contributed by atoms with Gasteiger partial charge in [0.2, 0.25) is 0 Å². The van der Waals surface area contributed by atoms with Crippen LogP contribution in [0.25, 0.3) is 0 Å². The van der Waals surface area contributed by atoms with Crippen LogP contribution in [0.4, 0.5) is 0 Å². The highest BCUT2D eigenvalue weighted by molar-refractivity contribution is 7.90. The first-order chi connectivity index (χ1) is 7.96. The fraction of sp³-hybridized carbons (Fsp3) is 0.800. The summed E-state index contributed by atoms with van der Waals surface area (Å²) in [6.45, 7) is 2.88. The van der Waals surface area contributed by atoms with Gasteiger partial charge in [0.25, 0.3) is 0 Å². The highest BCUT2D eigenvalue weighted by Crippen LogP contribution is 2.03. The molecule has 0 saturated heterocycles. The molecular formula is C10H20N4O2S. The number of nitrogens with one attached hydrogen (secondary N) is 1. The zero-order valence-electron chi connectivity index (χ0n) is 10.5. The minimum atomic E-state index is -2.98. The molecule has 0 aliphatic carbocycles. The number of sulfone groups is 1. The Bertz CT molecular complexity index is 441. The van der Waals surface area contributed by atoms with Crippen molar-refractivity contribution in [1.29, 1.82) is 0 Å². The predicted octanol–water partition coefficient (Wildman–Crippen LogP) is -0.137.